The standard InChI is InChI=1S/C21H24N6O2/c1-2-7-22-17(4-1)15-27-9-3-5-18(27)21-24-20(25-29-21)16-6-8-23-19(14-16)26-10-12-28-13-11-26/h1-2,4,6-8,14,18H,3,5,9-13,15H2. The average Bonchev–Trinajstić information content (AvgIpc) is 3.45. The highest BCUT2D eigenvalue weighted by Gasteiger charge is 2.31. The van der Waals surface area contributed by atoms with Crippen LogP contribution in [0.2, 0.25) is 0 Å². The van der Waals surface area contributed by atoms with E-state index in [4.69, 9.17) is 14.2 Å². The Kier molecular flexibility index (Phi) is 5.19. The molecule has 0 aliphatic carbocycles. The number of nitrogens with zero attached hydrogens (tertiary/aromatic N) is 6. The normalized spacial score (nSPS) is 20.3. The van der Waals surface area contributed by atoms with Gasteiger partial charge in [0, 0.05) is 37.6 Å². The summed E-state index contributed by atoms with van der Waals surface area (Å²) in [5.74, 6) is 2.22. The van der Waals surface area contributed by atoms with E-state index >= 15 is 0 Å². The molecule has 1 unspecified atom stereocenters. The van der Waals surface area contributed by atoms with Crippen molar-refractivity contribution in [3.8, 4) is 11.4 Å². The van der Waals surface area contributed by atoms with Crippen LogP contribution in [0, 0.1) is 0 Å². The third kappa shape index (κ3) is 3.99. The molecular weight excluding hydrogens is 368 g/mol. The summed E-state index contributed by atoms with van der Waals surface area (Å²) >= 11 is 0. The molecule has 1 atom stereocenters. The first-order valence-corrected chi connectivity index (χ1v) is 10.1. The second kappa shape index (κ2) is 8.26. The number of aromatic nitrogens is 4. The molecule has 0 saturated carbocycles. The van der Waals surface area contributed by atoms with Crippen molar-refractivity contribution in [3.05, 3.63) is 54.3 Å². The number of likely N-dealkylation sites (tertiary alicyclic amines) is 1. The van der Waals surface area contributed by atoms with Crippen LogP contribution in [0.4, 0.5) is 5.82 Å². The van der Waals surface area contributed by atoms with E-state index in [0.717, 1.165) is 69.3 Å². The molecule has 8 nitrogen and oxygen atoms in total. The van der Waals surface area contributed by atoms with Crippen molar-refractivity contribution in [2.45, 2.75) is 25.4 Å². The summed E-state index contributed by atoms with van der Waals surface area (Å²) in [7, 11) is 0. The Balaban J connectivity index is 1.34. The van der Waals surface area contributed by atoms with Crippen LogP contribution in [0.1, 0.15) is 30.5 Å². The maximum Gasteiger partial charge on any atom is 0.244 e. The van der Waals surface area contributed by atoms with Crippen molar-refractivity contribution in [1.29, 1.82) is 0 Å². The van der Waals surface area contributed by atoms with Crippen LogP contribution in [0.5, 0.6) is 0 Å². The van der Waals surface area contributed by atoms with Crippen LogP contribution in [-0.2, 0) is 11.3 Å². The summed E-state index contributed by atoms with van der Waals surface area (Å²) in [6.45, 7) is 4.95. The van der Waals surface area contributed by atoms with E-state index in [1.807, 2.05) is 30.5 Å². The van der Waals surface area contributed by atoms with Gasteiger partial charge in [0.1, 0.15) is 5.82 Å². The minimum Gasteiger partial charge on any atom is -0.378 e. The number of pyridine rings is 2. The smallest absolute Gasteiger partial charge is 0.244 e. The van der Waals surface area contributed by atoms with Crippen LogP contribution >= 0.6 is 0 Å². The molecule has 2 aliphatic heterocycles. The molecule has 0 spiro atoms. The predicted octanol–water partition coefficient (Wildman–Crippen LogP) is 2.70. The molecule has 5 rings (SSSR count). The molecule has 2 saturated heterocycles. The van der Waals surface area contributed by atoms with Gasteiger partial charge in [0.25, 0.3) is 0 Å². The van der Waals surface area contributed by atoms with Crippen molar-refractivity contribution < 1.29 is 9.26 Å². The molecule has 5 heterocycles. The number of anilines is 1. The van der Waals surface area contributed by atoms with E-state index in [9.17, 15) is 0 Å². The average molecular weight is 392 g/mol. The van der Waals surface area contributed by atoms with Gasteiger partial charge in [-0.3, -0.25) is 9.88 Å². The Hall–Kier alpha value is -2.84. The zero-order valence-electron chi connectivity index (χ0n) is 16.3. The Morgan fingerprint density at radius 3 is 2.83 bits per heavy atom. The highest BCUT2D eigenvalue weighted by molar-refractivity contribution is 5.59. The van der Waals surface area contributed by atoms with Crippen LogP contribution in [0.15, 0.2) is 47.2 Å². The fraction of sp³-hybridized carbons (Fsp3) is 0.429. The zero-order chi connectivity index (χ0) is 19.5. The molecule has 29 heavy (non-hydrogen) atoms. The lowest BCUT2D eigenvalue weighted by molar-refractivity contribution is 0.122. The van der Waals surface area contributed by atoms with E-state index in [1.54, 1.807) is 6.20 Å². The van der Waals surface area contributed by atoms with Gasteiger partial charge in [-0.25, -0.2) is 4.98 Å². The number of ether oxygens (including phenoxy) is 1. The van der Waals surface area contributed by atoms with Crippen LogP contribution in [0.3, 0.4) is 0 Å². The van der Waals surface area contributed by atoms with E-state index in [-0.39, 0.29) is 6.04 Å². The summed E-state index contributed by atoms with van der Waals surface area (Å²) in [5, 5.41) is 4.26. The third-order valence-corrected chi connectivity index (χ3v) is 5.52. The van der Waals surface area contributed by atoms with Crippen LogP contribution < -0.4 is 4.90 Å². The predicted molar refractivity (Wildman–Crippen MR) is 107 cm³/mol. The largest absolute Gasteiger partial charge is 0.378 e. The van der Waals surface area contributed by atoms with Crippen molar-refractivity contribution in [3.63, 3.8) is 0 Å². The van der Waals surface area contributed by atoms with Gasteiger partial charge in [-0.15, -0.1) is 0 Å². The van der Waals surface area contributed by atoms with Crippen molar-refractivity contribution in [2.75, 3.05) is 37.7 Å². The summed E-state index contributed by atoms with van der Waals surface area (Å²) in [6.07, 6.45) is 5.77. The fourth-order valence-electron chi connectivity index (χ4n) is 4.01. The first-order chi connectivity index (χ1) is 14.4. The minimum absolute atomic E-state index is 0.138. The number of hydrogen-bond donors (Lipinski definition) is 0. The maximum atomic E-state index is 5.68. The Labute approximate surface area is 169 Å². The molecule has 0 amide bonds. The first-order valence-electron chi connectivity index (χ1n) is 10.1. The molecule has 0 N–H and O–H groups in total. The molecule has 150 valence electrons. The Bertz CT molecular complexity index is 941. The monoisotopic (exact) mass is 392 g/mol. The highest BCUT2D eigenvalue weighted by atomic mass is 16.5. The van der Waals surface area contributed by atoms with Crippen LogP contribution in [-0.4, -0.2) is 57.9 Å². The molecule has 3 aromatic rings. The summed E-state index contributed by atoms with van der Waals surface area (Å²) in [6, 6.07) is 10.1. The summed E-state index contributed by atoms with van der Waals surface area (Å²) in [4.78, 5) is 18.3. The van der Waals surface area contributed by atoms with Crippen LogP contribution in [0.25, 0.3) is 11.4 Å². The Morgan fingerprint density at radius 2 is 1.97 bits per heavy atom. The van der Waals surface area contributed by atoms with Gasteiger partial charge in [-0.05, 0) is 43.7 Å². The number of hydrogen-bond acceptors (Lipinski definition) is 8. The van der Waals surface area contributed by atoms with E-state index in [1.165, 1.54) is 0 Å². The number of morpholine rings is 1. The van der Waals surface area contributed by atoms with Gasteiger partial charge in [-0.2, -0.15) is 4.98 Å². The van der Waals surface area contributed by atoms with Gasteiger partial charge >= 0.3 is 0 Å². The van der Waals surface area contributed by atoms with E-state index in [0.29, 0.717) is 11.7 Å². The lowest BCUT2D eigenvalue weighted by Crippen LogP contribution is -2.36. The van der Waals surface area contributed by atoms with Gasteiger partial charge in [0.2, 0.25) is 11.7 Å². The summed E-state index contributed by atoms with van der Waals surface area (Å²) in [5.41, 5.74) is 1.98. The van der Waals surface area contributed by atoms with Gasteiger partial charge in [0.15, 0.2) is 0 Å². The molecule has 8 heteroatoms. The van der Waals surface area contributed by atoms with E-state index < -0.39 is 0 Å². The first kappa shape index (κ1) is 18.2. The Morgan fingerprint density at radius 1 is 1.03 bits per heavy atom. The van der Waals surface area contributed by atoms with Gasteiger partial charge in [0.05, 0.1) is 24.9 Å². The molecule has 0 radical (unpaired) electrons. The lowest BCUT2D eigenvalue weighted by atomic mass is 10.2. The molecule has 3 aromatic heterocycles. The van der Waals surface area contributed by atoms with Crippen molar-refractivity contribution in [2.24, 2.45) is 0 Å². The van der Waals surface area contributed by atoms with Crippen molar-refractivity contribution >= 4 is 5.82 Å². The molecule has 2 aliphatic rings. The fourth-order valence-corrected chi connectivity index (χ4v) is 4.01. The highest BCUT2D eigenvalue weighted by Crippen LogP contribution is 2.33. The van der Waals surface area contributed by atoms with Gasteiger partial charge < -0.3 is 14.2 Å². The summed E-state index contributed by atoms with van der Waals surface area (Å²) < 4.78 is 11.1. The molecule has 2 fully saturated rings. The quantitative estimate of drug-likeness (QED) is 0.656. The SMILES string of the molecule is c1ccc(CN2CCCC2c2nc(-c3ccnc(N4CCOCC4)c3)no2)nc1. The minimum atomic E-state index is 0.138. The lowest BCUT2D eigenvalue weighted by Gasteiger charge is -2.27. The molecule has 0 aromatic carbocycles. The van der Waals surface area contributed by atoms with Crippen molar-refractivity contribution in [1.82, 2.24) is 25.0 Å². The third-order valence-electron chi connectivity index (χ3n) is 5.52. The molecule has 0 bridgehead atoms. The topological polar surface area (TPSA) is 80.4 Å². The van der Waals surface area contributed by atoms with Gasteiger partial charge in [-0.1, -0.05) is 11.2 Å². The second-order valence-corrected chi connectivity index (χ2v) is 7.41. The second-order valence-electron chi connectivity index (χ2n) is 7.41. The molecular formula is C21H24N6O2. The number of rotatable bonds is 5. The maximum absolute atomic E-state index is 5.68. The zero-order valence-corrected chi connectivity index (χ0v) is 16.3. The van der Waals surface area contributed by atoms with E-state index in [2.05, 4.69) is 31.0 Å².